The summed E-state index contributed by atoms with van der Waals surface area (Å²) in [6, 6.07) is 4.14. The average Bonchev–Trinajstić information content (AvgIpc) is 1.15. The molecule has 0 unspecified atom stereocenters. The van der Waals surface area contributed by atoms with Gasteiger partial charge in [0.2, 0.25) is 20.4 Å². The molecule has 0 saturated heterocycles. The standard InChI is InChI=1S/C75H93N18O16P/c1-40-31-91(13)85-49(40)43-19-16-25-73(43,4)34-79-52-55(64(97)61(52)94)82-46-22-28-76-58(70(100)88(7)8)67(46)104-37-107-110(103,108-38-105-68-47(23-29-77-59(68)71(101)89(9)10)83-56-53(62(95)65(56)98)80-35-74(5)26-17-20-44(74)50-41(2)32-92(14)86-50)109-39-106-69-48(24-30-78-60(69)72(102)90(11)12)84-57-54(63(96)66(57)99)81-36-75(6)27-18-21-45(75)51-42(3)33-93(15)87-51/h22-24,28-33,43-45,103H,16-21,25-27,34-39H2,1-15H3,(H5-,76,77,78,79,80,81,82,83,84,94,95,96,97,98,99,100,101,102)/p+1/t43-,44-,45-,73-,74-,75-/m0/s1. The van der Waals surface area contributed by atoms with E-state index in [4.69, 9.17) is 43.1 Å². The van der Waals surface area contributed by atoms with Crippen LogP contribution in [0.25, 0.3) is 0 Å². The molecule has 110 heavy (non-hydrogen) atoms. The Morgan fingerprint density at radius 3 is 0.945 bits per heavy atom. The maximum Gasteiger partial charge on any atom is 0.583 e. The number of hydrogen-bond acceptors (Lipinski definition) is 28. The van der Waals surface area contributed by atoms with E-state index in [1.54, 1.807) is 14.0 Å². The van der Waals surface area contributed by atoms with Crippen LogP contribution in [0.3, 0.4) is 0 Å². The molecular formula is C75H94N18O16P+. The van der Waals surface area contributed by atoms with Gasteiger partial charge in [-0.25, -0.2) is 15.0 Å². The molecule has 7 N–H and O–H groups in total. The van der Waals surface area contributed by atoms with E-state index in [0.29, 0.717) is 19.6 Å². The molecule has 0 aliphatic heterocycles. The van der Waals surface area contributed by atoms with Crippen LogP contribution >= 0.6 is 8.17 Å². The van der Waals surface area contributed by atoms with Crippen LogP contribution in [-0.4, -0.2) is 164 Å². The molecule has 35 heteroatoms. The number of anilines is 9. The molecule has 34 nitrogen and oxygen atoms in total. The lowest BCUT2D eigenvalue weighted by Crippen LogP contribution is -2.39. The van der Waals surface area contributed by atoms with Gasteiger partial charge in [-0.15, -0.1) is 13.6 Å². The number of hydrogen-bond donors (Lipinski definition) is 7. The molecule has 3 aliphatic rings. The van der Waals surface area contributed by atoms with Crippen LogP contribution < -0.4 is 78.7 Å². The monoisotopic (exact) mass is 1530 g/mol. The first-order valence-corrected chi connectivity index (χ1v) is 37.7. The van der Waals surface area contributed by atoms with Gasteiger partial charge in [-0.05, 0) is 110 Å². The van der Waals surface area contributed by atoms with Crippen LogP contribution in [0.4, 0.5) is 51.2 Å². The van der Waals surface area contributed by atoms with Crippen molar-refractivity contribution in [1.82, 2.24) is 59.0 Å². The van der Waals surface area contributed by atoms with Crippen LogP contribution in [0, 0.1) is 37.0 Å². The van der Waals surface area contributed by atoms with Crippen LogP contribution in [0.1, 0.15) is 162 Å². The molecule has 3 saturated carbocycles. The summed E-state index contributed by atoms with van der Waals surface area (Å²) >= 11 is 0. The first-order chi connectivity index (χ1) is 52.1. The SMILES string of the molecule is Cc1cn(C)nc1[C@@H]1CCC[C@@]1(C)CNc1c(Nc2ccnc(C(=O)N(C)C)c2OCO[P+](O)(OCOc2c(Nc3c(NC[C@]4(C)CCC[C@H]4c4nn(C)cc4C)c(=O)c3=O)ccnc2C(=O)N(C)C)OCOc2c(Nc3c(NC[C@]4(C)CCC[C@H]4c4nn(C)cc4C)c(=O)c3=O)ccnc2C(=O)N(C)C)c(=O)c1=O. The van der Waals surface area contributed by atoms with Gasteiger partial charge in [-0.3, -0.25) is 57.2 Å². The number of ether oxygens (including phenoxy) is 3. The summed E-state index contributed by atoms with van der Waals surface area (Å²) in [7, 11) is 9.27. The highest BCUT2D eigenvalue weighted by molar-refractivity contribution is 7.55. The van der Waals surface area contributed by atoms with Gasteiger partial charge in [-0.2, -0.15) is 20.2 Å². The Morgan fingerprint density at radius 1 is 0.455 bits per heavy atom. The molecule has 3 aliphatic carbocycles. The molecule has 3 fully saturated rings. The van der Waals surface area contributed by atoms with E-state index in [-0.39, 0.29) is 120 Å². The molecule has 12 rings (SSSR count). The van der Waals surface area contributed by atoms with Gasteiger partial charge >= 0.3 is 8.17 Å². The Bertz CT molecular complexity index is 4730. The highest BCUT2D eigenvalue weighted by atomic mass is 31.2. The Kier molecular flexibility index (Phi) is 22.4. The van der Waals surface area contributed by atoms with Crippen molar-refractivity contribution in [2.75, 3.05) is 114 Å². The van der Waals surface area contributed by atoms with E-state index in [2.05, 4.69) is 67.6 Å². The first-order valence-electron chi connectivity index (χ1n) is 36.2. The maximum atomic E-state index is 14.0. The number of aryl methyl sites for hydroxylation is 6. The molecule has 0 spiro atoms. The third kappa shape index (κ3) is 15.5. The van der Waals surface area contributed by atoms with Crippen molar-refractivity contribution >= 4 is 77.1 Å². The van der Waals surface area contributed by atoms with E-state index in [0.717, 1.165) is 91.6 Å². The van der Waals surface area contributed by atoms with Crippen LogP contribution in [0.5, 0.6) is 17.2 Å². The number of amides is 3. The van der Waals surface area contributed by atoms with Gasteiger partial charge < -0.3 is 60.8 Å². The Labute approximate surface area is 633 Å². The largest absolute Gasteiger partial charge is 0.583 e. The fourth-order valence-corrected chi connectivity index (χ4v) is 16.5. The van der Waals surface area contributed by atoms with Gasteiger partial charge in [0.15, 0.2) is 34.3 Å². The van der Waals surface area contributed by atoms with E-state index in [9.17, 15) is 48.0 Å². The molecule has 9 aromatic rings. The normalized spacial score (nSPS) is 19.8. The second-order valence-electron chi connectivity index (χ2n) is 30.4. The average molecular weight is 1530 g/mol. The molecule has 6 aromatic heterocycles. The van der Waals surface area contributed by atoms with Crippen molar-refractivity contribution in [3.8, 4) is 17.2 Å². The van der Waals surface area contributed by atoms with Crippen molar-refractivity contribution in [3.05, 3.63) is 168 Å². The number of carbonyl (C=O) groups is 3. The topological polar surface area (TPSA) is 403 Å². The highest BCUT2D eigenvalue weighted by Crippen LogP contribution is 2.59. The van der Waals surface area contributed by atoms with Crippen LogP contribution in [-0.2, 0) is 34.7 Å². The van der Waals surface area contributed by atoms with Crippen LogP contribution in [0.2, 0.25) is 0 Å². The summed E-state index contributed by atoms with van der Waals surface area (Å²) in [6.45, 7) is 10.0. The number of aromatic nitrogens is 9. The lowest BCUT2D eigenvalue weighted by Gasteiger charge is -2.32. The van der Waals surface area contributed by atoms with E-state index >= 15 is 0 Å². The molecule has 3 aromatic carbocycles. The summed E-state index contributed by atoms with van der Waals surface area (Å²) in [4.78, 5) is 153. The minimum atomic E-state index is -5.07. The Balaban J connectivity index is 0.834. The van der Waals surface area contributed by atoms with Gasteiger partial charge in [0.1, 0.15) is 34.1 Å². The number of pyridine rings is 3. The summed E-state index contributed by atoms with van der Waals surface area (Å²) in [5.41, 5.74) is -1.62. The highest BCUT2D eigenvalue weighted by Gasteiger charge is 2.49. The lowest BCUT2D eigenvalue weighted by atomic mass is 9.77. The predicted molar refractivity (Wildman–Crippen MR) is 413 cm³/mol. The van der Waals surface area contributed by atoms with Crippen molar-refractivity contribution < 1.29 is 47.1 Å². The zero-order valence-corrected chi connectivity index (χ0v) is 65.3. The Hall–Kier alpha value is -10.8. The summed E-state index contributed by atoms with van der Waals surface area (Å²) in [5.74, 6) is -2.95. The quantitative estimate of drug-likeness (QED) is 0.0119. The second-order valence-corrected chi connectivity index (χ2v) is 32.1. The molecule has 0 bridgehead atoms. The third-order valence-electron chi connectivity index (χ3n) is 21.7. The summed E-state index contributed by atoms with van der Waals surface area (Å²) < 4.78 is 42.0. The number of nitrogens with one attached hydrogen (secondary N) is 6. The smallest absolute Gasteiger partial charge is 0.458 e. The first kappa shape index (κ1) is 78.8. The molecule has 584 valence electrons. The fourth-order valence-electron chi connectivity index (χ4n) is 15.7. The van der Waals surface area contributed by atoms with Crippen molar-refractivity contribution in [2.24, 2.45) is 37.4 Å². The van der Waals surface area contributed by atoms with Gasteiger partial charge in [0.05, 0.1) is 34.1 Å². The maximum absolute atomic E-state index is 14.0. The van der Waals surface area contributed by atoms with E-state index in [1.807, 2.05) is 60.5 Å². The predicted octanol–water partition coefficient (Wildman–Crippen LogP) is 7.41. The van der Waals surface area contributed by atoms with Gasteiger partial charge in [-0.1, -0.05) is 40.0 Å². The van der Waals surface area contributed by atoms with E-state index < -0.39 is 78.8 Å². The Morgan fingerprint density at radius 2 is 0.709 bits per heavy atom. The number of rotatable bonds is 33. The molecule has 6 heterocycles. The number of nitrogens with zero attached hydrogens (tertiary/aromatic N) is 12. The molecule has 0 radical (unpaired) electrons. The summed E-state index contributed by atoms with van der Waals surface area (Å²) in [6.07, 6.45) is 17.5. The van der Waals surface area contributed by atoms with Crippen molar-refractivity contribution in [1.29, 1.82) is 0 Å². The van der Waals surface area contributed by atoms with Crippen molar-refractivity contribution in [3.63, 3.8) is 0 Å². The van der Waals surface area contributed by atoms with E-state index in [1.165, 1.54) is 93.8 Å². The number of carbonyl (C=O) groups excluding carboxylic acids is 3. The second kappa shape index (κ2) is 31.3. The zero-order valence-electron chi connectivity index (χ0n) is 64.4. The van der Waals surface area contributed by atoms with Crippen molar-refractivity contribution in [2.45, 2.75) is 117 Å². The zero-order chi connectivity index (χ0) is 79.2. The minimum Gasteiger partial charge on any atom is -0.458 e. The molecular weight excluding hydrogens is 1440 g/mol. The minimum absolute atomic E-state index is 0.00724. The third-order valence-corrected chi connectivity index (χ3v) is 23.0. The molecule has 3 amide bonds. The fraction of sp³-hybridized carbons (Fsp3) is 0.480. The summed E-state index contributed by atoms with van der Waals surface area (Å²) in [5, 5.41) is 33.0. The van der Waals surface area contributed by atoms with Gasteiger partial charge in [0, 0.05) is 138 Å². The van der Waals surface area contributed by atoms with Crippen LogP contribution in [0.15, 0.2) is 84.1 Å². The van der Waals surface area contributed by atoms with Gasteiger partial charge in [0.25, 0.3) is 50.3 Å². The lowest BCUT2D eigenvalue weighted by molar-refractivity contribution is -0.0243. The molecule has 6 atom stereocenters.